The van der Waals surface area contributed by atoms with Gasteiger partial charge in [0.2, 0.25) is 0 Å². The monoisotopic (exact) mass is 411 g/mol. The molecular weight excluding hydrogens is 382 g/mol. The Morgan fingerprint density at radius 3 is 2.80 bits per heavy atom. The number of nitrogens with zero attached hydrogens (tertiary/aromatic N) is 3. The SMILES string of the molecule is CN=C(NCCN(C)CCOC)NC1CCN(c2ccc(Br)cc2)C1. The number of hydrogen-bond donors (Lipinski definition) is 2. The van der Waals surface area contributed by atoms with Crippen LogP contribution in [-0.2, 0) is 4.74 Å². The van der Waals surface area contributed by atoms with Gasteiger partial charge in [-0.15, -0.1) is 0 Å². The molecule has 2 rings (SSSR count). The minimum absolute atomic E-state index is 0.418. The summed E-state index contributed by atoms with van der Waals surface area (Å²) < 4.78 is 6.21. The highest BCUT2D eigenvalue weighted by Crippen LogP contribution is 2.22. The van der Waals surface area contributed by atoms with Gasteiger partial charge in [0.15, 0.2) is 5.96 Å². The second-order valence-electron chi connectivity index (χ2n) is 6.35. The van der Waals surface area contributed by atoms with Crippen LogP contribution in [0.25, 0.3) is 0 Å². The number of methoxy groups -OCH3 is 1. The number of likely N-dealkylation sites (N-methyl/N-ethyl adjacent to an activating group) is 1. The molecule has 1 aliphatic rings. The fraction of sp³-hybridized carbons (Fsp3) is 0.611. The van der Waals surface area contributed by atoms with Crippen LogP contribution in [0.4, 0.5) is 5.69 Å². The Kier molecular flexibility index (Phi) is 8.51. The zero-order chi connectivity index (χ0) is 18.1. The van der Waals surface area contributed by atoms with Crippen molar-refractivity contribution in [2.45, 2.75) is 12.5 Å². The number of halogens is 1. The molecule has 0 radical (unpaired) electrons. The second kappa shape index (κ2) is 10.6. The van der Waals surface area contributed by atoms with Gasteiger partial charge in [-0.3, -0.25) is 4.99 Å². The molecule has 1 aromatic rings. The Bertz CT molecular complexity index is 537. The van der Waals surface area contributed by atoms with Crippen molar-refractivity contribution in [3.05, 3.63) is 28.7 Å². The molecule has 0 aliphatic carbocycles. The standard InChI is InChI=1S/C18H30BrN5O/c1-20-18(21-9-11-23(2)12-13-25-3)22-16-8-10-24(14-16)17-6-4-15(19)5-7-17/h4-7,16H,8-14H2,1-3H3,(H2,20,21,22). The van der Waals surface area contributed by atoms with Gasteiger partial charge in [-0.25, -0.2) is 0 Å². The first kappa shape index (κ1) is 20.0. The van der Waals surface area contributed by atoms with E-state index in [-0.39, 0.29) is 0 Å². The highest BCUT2D eigenvalue weighted by Gasteiger charge is 2.23. The molecule has 1 aliphatic heterocycles. The van der Waals surface area contributed by atoms with Crippen molar-refractivity contribution in [1.29, 1.82) is 0 Å². The lowest BCUT2D eigenvalue weighted by atomic mass is 10.3. The molecule has 1 saturated heterocycles. The van der Waals surface area contributed by atoms with Gasteiger partial charge in [0.1, 0.15) is 0 Å². The predicted molar refractivity (Wildman–Crippen MR) is 109 cm³/mol. The molecular formula is C18H30BrN5O. The summed E-state index contributed by atoms with van der Waals surface area (Å²) in [6, 6.07) is 8.93. The maximum atomic E-state index is 5.10. The van der Waals surface area contributed by atoms with Crippen LogP contribution in [-0.4, -0.2) is 77.4 Å². The highest BCUT2D eigenvalue weighted by molar-refractivity contribution is 9.10. The molecule has 1 unspecified atom stereocenters. The predicted octanol–water partition coefficient (Wildman–Crippen LogP) is 1.77. The van der Waals surface area contributed by atoms with Crippen molar-refractivity contribution in [3.63, 3.8) is 0 Å². The van der Waals surface area contributed by atoms with Crippen molar-refractivity contribution in [2.24, 2.45) is 4.99 Å². The maximum Gasteiger partial charge on any atom is 0.191 e. The molecule has 1 atom stereocenters. The normalized spacial score (nSPS) is 18.0. The Morgan fingerprint density at radius 1 is 1.36 bits per heavy atom. The number of benzene rings is 1. The van der Waals surface area contributed by atoms with Gasteiger partial charge in [0.05, 0.1) is 6.61 Å². The number of aliphatic imine (C=N–C) groups is 1. The van der Waals surface area contributed by atoms with E-state index in [9.17, 15) is 0 Å². The van der Waals surface area contributed by atoms with Crippen molar-refractivity contribution in [1.82, 2.24) is 15.5 Å². The lowest BCUT2D eigenvalue weighted by Crippen LogP contribution is -2.46. The van der Waals surface area contributed by atoms with Crippen molar-refractivity contribution in [3.8, 4) is 0 Å². The van der Waals surface area contributed by atoms with E-state index in [4.69, 9.17) is 4.74 Å². The van der Waals surface area contributed by atoms with Crippen LogP contribution >= 0.6 is 15.9 Å². The number of nitrogens with one attached hydrogen (secondary N) is 2. The minimum atomic E-state index is 0.418. The third kappa shape index (κ3) is 6.84. The summed E-state index contributed by atoms with van der Waals surface area (Å²) >= 11 is 3.49. The molecule has 140 valence electrons. The molecule has 0 aromatic heterocycles. The Morgan fingerprint density at radius 2 is 2.12 bits per heavy atom. The largest absolute Gasteiger partial charge is 0.383 e. The smallest absolute Gasteiger partial charge is 0.191 e. The zero-order valence-corrected chi connectivity index (χ0v) is 17.1. The van der Waals surface area contributed by atoms with Gasteiger partial charge >= 0.3 is 0 Å². The lowest BCUT2D eigenvalue weighted by molar-refractivity contribution is 0.162. The van der Waals surface area contributed by atoms with Gasteiger partial charge < -0.3 is 25.2 Å². The third-order valence-corrected chi connectivity index (χ3v) is 4.94. The Hall–Kier alpha value is -1.31. The van der Waals surface area contributed by atoms with E-state index >= 15 is 0 Å². The molecule has 6 nitrogen and oxygen atoms in total. The quantitative estimate of drug-likeness (QED) is 0.504. The fourth-order valence-corrected chi connectivity index (χ4v) is 3.14. The summed E-state index contributed by atoms with van der Waals surface area (Å²) in [6.45, 7) is 5.58. The Balaban J connectivity index is 1.72. The fourth-order valence-electron chi connectivity index (χ4n) is 2.88. The molecule has 1 fully saturated rings. The maximum absolute atomic E-state index is 5.10. The van der Waals surface area contributed by atoms with Gasteiger partial charge in [-0.1, -0.05) is 15.9 Å². The van der Waals surface area contributed by atoms with Gasteiger partial charge in [0, 0.05) is 63.1 Å². The van der Waals surface area contributed by atoms with Gasteiger partial charge in [-0.2, -0.15) is 0 Å². The number of hydrogen-bond acceptors (Lipinski definition) is 4. The average Bonchev–Trinajstić information content (AvgIpc) is 3.08. The number of ether oxygens (including phenoxy) is 1. The second-order valence-corrected chi connectivity index (χ2v) is 7.26. The summed E-state index contributed by atoms with van der Waals surface area (Å²) in [6.07, 6.45) is 1.12. The third-order valence-electron chi connectivity index (χ3n) is 4.41. The average molecular weight is 412 g/mol. The molecule has 25 heavy (non-hydrogen) atoms. The van der Waals surface area contributed by atoms with Crippen LogP contribution in [0.3, 0.4) is 0 Å². The Labute approximate surface area is 159 Å². The summed E-state index contributed by atoms with van der Waals surface area (Å²) in [4.78, 5) is 9.00. The van der Waals surface area contributed by atoms with E-state index in [1.165, 1.54) is 5.69 Å². The molecule has 2 N–H and O–H groups in total. The number of guanidine groups is 1. The highest BCUT2D eigenvalue weighted by atomic mass is 79.9. The van der Waals surface area contributed by atoms with Crippen LogP contribution in [0.15, 0.2) is 33.7 Å². The van der Waals surface area contributed by atoms with E-state index in [0.29, 0.717) is 6.04 Å². The van der Waals surface area contributed by atoms with Crippen molar-refractivity contribution < 1.29 is 4.74 Å². The number of anilines is 1. The molecule has 0 spiro atoms. The van der Waals surface area contributed by atoms with E-state index < -0.39 is 0 Å². The molecule has 7 heteroatoms. The molecule has 1 aromatic carbocycles. The summed E-state index contributed by atoms with van der Waals surface area (Å²) in [5.74, 6) is 0.878. The van der Waals surface area contributed by atoms with Crippen molar-refractivity contribution >= 4 is 27.6 Å². The van der Waals surface area contributed by atoms with E-state index in [2.05, 4.69) is 72.7 Å². The van der Waals surface area contributed by atoms with E-state index in [1.807, 2.05) is 7.05 Å². The van der Waals surface area contributed by atoms with Crippen LogP contribution < -0.4 is 15.5 Å². The van der Waals surface area contributed by atoms with Crippen LogP contribution in [0.2, 0.25) is 0 Å². The molecule has 1 heterocycles. The number of rotatable bonds is 8. The van der Waals surface area contributed by atoms with Crippen LogP contribution in [0.5, 0.6) is 0 Å². The molecule has 0 saturated carbocycles. The van der Waals surface area contributed by atoms with Crippen LogP contribution in [0, 0.1) is 0 Å². The first-order valence-corrected chi connectivity index (χ1v) is 9.57. The van der Waals surface area contributed by atoms with E-state index in [1.54, 1.807) is 7.11 Å². The first-order valence-electron chi connectivity index (χ1n) is 8.77. The first-order chi connectivity index (χ1) is 12.1. The topological polar surface area (TPSA) is 52.1 Å². The summed E-state index contributed by atoms with van der Waals surface area (Å²) in [7, 11) is 5.66. The van der Waals surface area contributed by atoms with Gasteiger partial charge in [0.25, 0.3) is 0 Å². The molecule has 0 bridgehead atoms. The van der Waals surface area contributed by atoms with E-state index in [0.717, 1.165) is 56.2 Å². The zero-order valence-electron chi connectivity index (χ0n) is 15.5. The van der Waals surface area contributed by atoms with Crippen LogP contribution in [0.1, 0.15) is 6.42 Å². The minimum Gasteiger partial charge on any atom is -0.383 e. The van der Waals surface area contributed by atoms with Gasteiger partial charge in [-0.05, 0) is 37.7 Å². The van der Waals surface area contributed by atoms with Crippen molar-refractivity contribution in [2.75, 3.05) is 65.4 Å². The summed E-state index contributed by atoms with van der Waals surface area (Å²) in [5, 5.41) is 6.94. The lowest BCUT2D eigenvalue weighted by Gasteiger charge is -2.21. The summed E-state index contributed by atoms with van der Waals surface area (Å²) in [5.41, 5.74) is 1.27. The molecule has 0 amide bonds.